The quantitative estimate of drug-likeness (QED) is 0.173. The van der Waals surface area contributed by atoms with E-state index in [0.29, 0.717) is 0 Å². The molecule has 1 aliphatic carbocycles. The number of aliphatic imine (C=N–C) groups is 1. The van der Waals surface area contributed by atoms with Crippen LogP contribution in [0, 0.1) is 0 Å². The van der Waals surface area contributed by atoms with Gasteiger partial charge in [-0.05, 0) is 106 Å². The lowest BCUT2D eigenvalue weighted by molar-refractivity contribution is 0.409. The molecule has 2 atom stereocenters. The summed E-state index contributed by atoms with van der Waals surface area (Å²) in [4.78, 5) is 5.29. The molecule has 272 valence electrons. The molecule has 0 saturated carbocycles. The van der Waals surface area contributed by atoms with Gasteiger partial charge in [0.25, 0.3) is 0 Å². The number of hydrogen-bond donors (Lipinski definition) is 2. The highest BCUT2D eigenvalue weighted by Crippen LogP contribution is 2.49. The molecule has 0 saturated heterocycles. The predicted molar refractivity (Wildman–Crippen MR) is 239 cm³/mol. The van der Waals surface area contributed by atoms with E-state index in [9.17, 15) is 0 Å². The van der Waals surface area contributed by atoms with E-state index in [1.807, 2.05) is 0 Å². The first-order valence-electron chi connectivity index (χ1n) is 19.9. The van der Waals surface area contributed by atoms with Gasteiger partial charge in [0.15, 0.2) is 0 Å². The van der Waals surface area contributed by atoms with Crippen molar-refractivity contribution >= 4 is 38.2 Å². The molecule has 9 aromatic carbocycles. The third kappa shape index (κ3) is 5.57. The van der Waals surface area contributed by atoms with E-state index in [0.717, 1.165) is 22.5 Å². The third-order valence-electron chi connectivity index (χ3n) is 12.4. The van der Waals surface area contributed by atoms with Gasteiger partial charge in [-0.25, -0.2) is 4.99 Å². The van der Waals surface area contributed by atoms with Crippen molar-refractivity contribution < 1.29 is 0 Å². The highest BCUT2D eigenvalue weighted by atomic mass is 15.3. The summed E-state index contributed by atoms with van der Waals surface area (Å²) in [6, 6.07) is 68.6. The van der Waals surface area contributed by atoms with Crippen molar-refractivity contribution in [2.45, 2.75) is 31.6 Å². The van der Waals surface area contributed by atoms with Crippen LogP contribution in [0.25, 0.3) is 65.7 Å². The molecule has 0 radical (unpaired) electrons. The lowest BCUT2D eigenvalue weighted by Crippen LogP contribution is -2.44. The van der Waals surface area contributed by atoms with Gasteiger partial charge in [0.2, 0.25) is 0 Å². The number of fused-ring (bicyclic) bond motifs is 9. The topological polar surface area (TPSA) is 36.4 Å². The molecule has 0 spiro atoms. The average molecular weight is 732 g/mol. The van der Waals surface area contributed by atoms with Crippen molar-refractivity contribution in [2.24, 2.45) is 4.99 Å². The normalized spacial score (nSPS) is 16.9. The molecule has 0 fully saturated rings. The molecule has 2 aliphatic rings. The van der Waals surface area contributed by atoms with E-state index in [2.05, 4.69) is 213 Å². The molecule has 9 aromatic rings. The Kier molecular flexibility index (Phi) is 7.74. The summed E-state index contributed by atoms with van der Waals surface area (Å²) < 4.78 is 0. The number of benzene rings is 9. The summed E-state index contributed by atoms with van der Waals surface area (Å²) in [7, 11) is 0. The molecule has 11 rings (SSSR count). The smallest absolute Gasteiger partial charge is 0.131 e. The molecule has 57 heavy (non-hydrogen) atoms. The van der Waals surface area contributed by atoms with Gasteiger partial charge < -0.3 is 5.32 Å². The highest BCUT2D eigenvalue weighted by molar-refractivity contribution is 6.26. The fraction of sp³-hybridized carbons (Fsp3) is 0.0926. The van der Waals surface area contributed by atoms with Crippen molar-refractivity contribution in [1.82, 2.24) is 10.6 Å². The zero-order valence-electron chi connectivity index (χ0n) is 32.0. The molecule has 1 aliphatic heterocycles. The summed E-state index contributed by atoms with van der Waals surface area (Å²) in [6.45, 7) is 4.69. The Labute approximate surface area is 333 Å². The van der Waals surface area contributed by atoms with Crippen LogP contribution in [0.5, 0.6) is 0 Å². The minimum absolute atomic E-state index is 0.0295. The molecule has 3 nitrogen and oxygen atoms in total. The van der Waals surface area contributed by atoms with Crippen LogP contribution < -0.4 is 10.6 Å². The molecule has 0 bridgehead atoms. The second kappa shape index (κ2) is 13.2. The summed E-state index contributed by atoms with van der Waals surface area (Å²) in [6.07, 6.45) is -0.357. The van der Waals surface area contributed by atoms with Gasteiger partial charge in [-0.15, -0.1) is 0 Å². The van der Waals surface area contributed by atoms with Gasteiger partial charge >= 0.3 is 0 Å². The number of nitrogens with one attached hydrogen (secondary N) is 2. The number of amidine groups is 1. The Morgan fingerprint density at radius 2 is 0.965 bits per heavy atom. The van der Waals surface area contributed by atoms with Crippen molar-refractivity contribution in [3.8, 4) is 33.4 Å². The molecular formula is C54H41N3. The maximum Gasteiger partial charge on any atom is 0.131 e. The van der Waals surface area contributed by atoms with Crippen LogP contribution >= 0.6 is 0 Å². The molecule has 0 amide bonds. The molecule has 1 heterocycles. The van der Waals surface area contributed by atoms with E-state index >= 15 is 0 Å². The second-order valence-corrected chi connectivity index (χ2v) is 16.0. The lowest BCUT2D eigenvalue weighted by atomic mass is 9.81. The second-order valence-electron chi connectivity index (χ2n) is 16.0. The van der Waals surface area contributed by atoms with Crippen LogP contribution in [0.1, 0.15) is 54.0 Å². The highest BCUT2D eigenvalue weighted by Gasteiger charge is 2.35. The summed E-state index contributed by atoms with van der Waals surface area (Å²) >= 11 is 0. The molecular weight excluding hydrogens is 691 g/mol. The van der Waals surface area contributed by atoms with Gasteiger partial charge in [-0.2, -0.15) is 0 Å². The van der Waals surface area contributed by atoms with Gasteiger partial charge in [0.1, 0.15) is 18.2 Å². The largest absolute Gasteiger partial charge is 0.350 e. The van der Waals surface area contributed by atoms with Crippen LogP contribution in [0.15, 0.2) is 193 Å². The van der Waals surface area contributed by atoms with Crippen LogP contribution in [-0.4, -0.2) is 5.84 Å². The van der Waals surface area contributed by atoms with E-state index in [1.165, 1.54) is 76.8 Å². The van der Waals surface area contributed by atoms with Crippen molar-refractivity contribution in [1.29, 1.82) is 0 Å². The van der Waals surface area contributed by atoms with Crippen molar-refractivity contribution in [3.63, 3.8) is 0 Å². The Morgan fingerprint density at radius 3 is 1.70 bits per heavy atom. The minimum atomic E-state index is -0.210. The van der Waals surface area contributed by atoms with Gasteiger partial charge in [0, 0.05) is 11.0 Å². The maximum atomic E-state index is 5.29. The van der Waals surface area contributed by atoms with E-state index in [-0.39, 0.29) is 17.7 Å². The predicted octanol–water partition coefficient (Wildman–Crippen LogP) is 13.1. The molecule has 2 unspecified atom stereocenters. The molecule has 3 heteroatoms. The van der Waals surface area contributed by atoms with Crippen LogP contribution in [0.3, 0.4) is 0 Å². The van der Waals surface area contributed by atoms with Crippen molar-refractivity contribution in [2.75, 3.05) is 0 Å². The number of hydrogen-bond acceptors (Lipinski definition) is 3. The summed E-state index contributed by atoms with van der Waals surface area (Å²) in [5, 5.41) is 15.2. The van der Waals surface area contributed by atoms with Crippen molar-refractivity contribution in [3.05, 3.63) is 216 Å². The lowest BCUT2D eigenvalue weighted by Gasteiger charge is -2.32. The molecule has 2 N–H and O–H groups in total. The fourth-order valence-corrected chi connectivity index (χ4v) is 9.37. The first-order valence-corrected chi connectivity index (χ1v) is 19.9. The zero-order valence-corrected chi connectivity index (χ0v) is 32.0. The van der Waals surface area contributed by atoms with Crippen LogP contribution in [0.4, 0.5) is 0 Å². The number of rotatable bonds is 5. The Balaban J connectivity index is 0.925. The monoisotopic (exact) mass is 731 g/mol. The molecule has 0 aromatic heterocycles. The zero-order chi connectivity index (χ0) is 38.1. The summed E-state index contributed by atoms with van der Waals surface area (Å²) in [5.41, 5.74) is 13.7. The van der Waals surface area contributed by atoms with Gasteiger partial charge in [-0.3, -0.25) is 5.32 Å². The van der Waals surface area contributed by atoms with Gasteiger partial charge in [-0.1, -0.05) is 184 Å². The SMILES string of the molecule is CC1(C)c2ccccc2-c2ccc(-c3cccc(-c4ccc(C5NC(c6ccc7c8ccccc8c8ccccc8c7c6)=NC(c6ccccc6)N5)cc4)c3)cc21. The Bertz CT molecular complexity index is 3010. The number of nitrogens with zero attached hydrogens (tertiary/aromatic N) is 1. The van der Waals surface area contributed by atoms with E-state index in [1.54, 1.807) is 0 Å². The first kappa shape index (κ1) is 33.5. The first-order chi connectivity index (χ1) is 28.0. The van der Waals surface area contributed by atoms with Gasteiger partial charge in [0.05, 0.1) is 0 Å². The fourth-order valence-electron chi connectivity index (χ4n) is 9.37. The standard InChI is InChI=1S/C54H41N3/c1-54(2)49-22-11-10-21-46(49)47-30-27-39(33-50(47)54)38-16-12-15-37(31-38)34-23-25-36(26-24-34)52-55-51(35-13-4-3-5-14-35)56-53(57-52)40-28-29-45-43-19-7-6-17-41(43)42-18-8-9-20-44(42)48(45)32-40/h3-33,51-52,55H,1-2H3,(H,56,57). The van der Waals surface area contributed by atoms with E-state index < -0.39 is 0 Å². The maximum absolute atomic E-state index is 5.29. The van der Waals surface area contributed by atoms with Crippen LogP contribution in [0.2, 0.25) is 0 Å². The summed E-state index contributed by atoms with van der Waals surface area (Å²) in [5.74, 6) is 0.879. The Morgan fingerprint density at radius 1 is 0.404 bits per heavy atom. The van der Waals surface area contributed by atoms with E-state index in [4.69, 9.17) is 4.99 Å². The Hall–Kier alpha value is -6.81. The minimum Gasteiger partial charge on any atom is -0.350 e. The third-order valence-corrected chi connectivity index (χ3v) is 12.4. The average Bonchev–Trinajstić information content (AvgIpc) is 3.51. The van der Waals surface area contributed by atoms with Crippen LogP contribution in [-0.2, 0) is 5.41 Å².